The first kappa shape index (κ1) is 16.4. The van der Waals surface area contributed by atoms with Crippen molar-refractivity contribution >= 4 is 33.2 Å². The summed E-state index contributed by atoms with van der Waals surface area (Å²) in [4.78, 5) is 25.6. The van der Waals surface area contributed by atoms with Crippen LogP contribution in [0.4, 0.5) is 5.69 Å². The number of phenols is 1. The van der Waals surface area contributed by atoms with E-state index in [0.29, 0.717) is 4.47 Å². The molecule has 0 atom stereocenters. The van der Waals surface area contributed by atoms with Crippen molar-refractivity contribution in [3.63, 3.8) is 0 Å². The third kappa shape index (κ3) is 2.57. The predicted molar refractivity (Wildman–Crippen MR) is 92.0 cm³/mol. The lowest BCUT2D eigenvalue weighted by Gasteiger charge is -2.22. The van der Waals surface area contributed by atoms with Gasteiger partial charge in [0.2, 0.25) is 0 Å². The van der Waals surface area contributed by atoms with E-state index < -0.39 is 11.6 Å². The van der Waals surface area contributed by atoms with Gasteiger partial charge in [-0.15, -0.1) is 0 Å². The Hall–Kier alpha value is -3.42. The zero-order chi connectivity index (χ0) is 18.1. The molecule has 0 saturated carbocycles. The SMILES string of the molecule is N#CC(C#N)=CNc1c(Br)cc(O)c2c1C(=O)c1ccccc1C2=O. The molecule has 7 heteroatoms. The number of allylic oxidation sites excluding steroid dienone is 1. The van der Waals surface area contributed by atoms with Gasteiger partial charge in [0.1, 0.15) is 23.5 Å². The van der Waals surface area contributed by atoms with E-state index in [-0.39, 0.29) is 39.3 Å². The van der Waals surface area contributed by atoms with Crippen molar-refractivity contribution in [3.8, 4) is 17.9 Å². The third-order valence-electron chi connectivity index (χ3n) is 3.73. The van der Waals surface area contributed by atoms with Gasteiger partial charge < -0.3 is 10.4 Å². The maximum absolute atomic E-state index is 12.9. The van der Waals surface area contributed by atoms with Crippen LogP contribution in [0, 0.1) is 22.7 Å². The molecule has 0 heterocycles. The summed E-state index contributed by atoms with van der Waals surface area (Å²) < 4.78 is 0.316. The van der Waals surface area contributed by atoms with E-state index in [4.69, 9.17) is 10.5 Å². The van der Waals surface area contributed by atoms with Crippen molar-refractivity contribution < 1.29 is 14.7 Å². The van der Waals surface area contributed by atoms with Crippen LogP contribution in [0.2, 0.25) is 0 Å². The van der Waals surface area contributed by atoms with Crippen molar-refractivity contribution in [1.29, 1.82) is 10.5 Å². The number of aromatic hydroxyl groups is 1. The molecule has 0 unspecified atom stereocenters. The Kier molecular flexibility index (Phi) is 4.10. The fourth-order valence-electron chi connectivity index (χ4n) is 2.62. The molecule has 3 rings (SSSR count). The van der Waals surface area contributed by atoms with Crippen LogP contribution in [0.1, 0.15) is 31.8 Å². The molecule has 0 bridgehead atoms. The molecule has 6 nitrogen and oxygen atoms in total. The van der Waals surface area contributed by atoms with Gasteiger partial charge in [-0.25, -0.2) is 0 Å². The maximum atomic E-state index is 12.9. The zero-order valence-electron chi connectivity index (χ0n) is 12.5. The monoisotopic (exact) mass is 393 g/mol. The summed E-state index contributed by atoms with van der Waals surface area (Å²) in [6, 6.07) is 11.0. The number of hydrogen-bond acceptors (Lipinski definition) is 6. The van der Waals surface area contributed by atoms with Crippen LogP contribution in [0.5, 0.6) is 5.75 Å². The molecule has 1 aliphatic carbocycles. The van der Waals surface area contributed by atoms with Gasteiger partial charge >= 0.3 is 0 Å². The molecule has 0 amide bonds. The molecule has 25 heavy (non-hydrogen) atoms. The number of fused-ring (bicyclic) bond motifs is 2. The number of halogens is 1. The Morgan fingerprint density at radius 2 is 1.64 bits per heavy atom. The summed E-state index contributed by atoms with van der Waals surface area (Å²) in [5.41, 5.74) is 0.312. The lowest BCUT2D eigenvalue weighted by molar-refractivity contribution is 0.0977. The number of nitriles is 2. The van der Waals surface area contributed by atoms with Gasteiger partial charge in [0.25, 0.3) is 0 Å². The van der Waals surface area contributed by atoms with Crippen LogP contribution in [0.3, 0.4) is 0 Å². The van der Waals surface area contributed by atoms with Gasteiger partial charge in [-0.2, -0.15) is 10.5 Å². The number of carbonyl (C=O) groups excluding carboxylic acids is 2. The molecule has 0 fully saturated rings. The quantitative estimate of drug-likeness (QED) is 0.509. The van der Waals surface area contributed by atoms with Gasteiger partial charge in [0, 0.05) is 21.8 Å². The zero-order valence-corrected chi connectivity index (χ0v) is 14.1. The molecule has 2 aromatic rings. The van der Waals surface area contributed by atoms with Gasteiger partial charge in [-0.3, -0.25) is 9.59 Å². The van der Waals surface area contributed by atoms with Crippen LogP contribution in [-0.2, 0) is 0 Å². The summed E-state index contributed by atoms with van der Waals surface area (Å²) in [5.74, 6) is -1.23. The lowest BCUT2D eigenvalue weighted by Crippen LogP contribution is -2.22. The molecular weight excluding hydrogens is 386 g/mol. The molecule has 0 radical (unpaired) electrons. The second-order valence-electron chi connectivity index (χ2n) is 5.13. The summed E-state index contributed by atoms with van der Waals surface area (Å²) in [6.45, 7) is 0. The highest BCUT2D eigenvalue weighted by Crippen LogP contribution is 2.41. The average molecular weight is 394 g/mol. The van der Waals surface area contributed by atoms with Crippen LogP contribution in [0.15, 0.2) is 46.6 Å². The number of ketones is 2. The molecule has 0 spiro atoms. The summed E-state index contributed by atoms with van der Waals surface area (Å²) in [5, 5.41) is 30.6. The maximum Gasteiger partial charge on any atom is 0.198 e. The topological polar surface area (TPSA) is 114 Å². The Labute approximate surface area is 150 Å². The first-order valence-electron chi connectivity index (χ1n) is 7.00. The van der Waals surface area contributed by atoms with Crippen LogP contribution in [0.25, 0.3) is 0 Å². The first-order valence-corrected chi connectivity index (χ1v) is 7.79. The Balaban J connectivity index is 2.27. The minimum atomic E-state index is -0.469. The number of nitrogens with one attached hydrogen (secondary N) is 1. The Bertz CT molecular complexity index is 1040. The van der Waals surface area contributed by atoms with Crippen molar-refractivity contribution in [1.82, 2.24) is 0 Å². The smallest absolute Gasteiger partial charge is 0.198 e. The van der Waals surface area contributed by atoms with E-state index in [1.54, 1.807) is 24.3 Å². The summed E-state index contributed by atoms with van der Waals surface area (Å²) in [6.07, 6.45) is 1.13. The van der Waals surface area contributed by atoms with E-state index in [1.165, 1.54) is 18.2 Å². The van der Waals surface area contributed by atoms with E-state index in [1.807, 2.05) is 0 Å². The number of hydrogen-bond donors (Lipinski definition) is 2. The molecule has 0 saturated heterocycles. The van der Waals surface area contributed by atoms with Crippen LogP contribution < -0.4 is 5.32 Å². The normalized spacial score (nSPS) is 11.6. The molecule has 0 aromatic heterocycles. The van der Waals surface area contributed by atoms with E-state index in [9.17, 15) is 14.7 Å². The molecule has 2 aromatic carbocycles. The molecular formula is C18H8BrN3O3. The molecule has 1 aliphatic rings. The second-order valence-corrected chi connectivity index (χ2v) is 5.99. The van der Waals surface area contributed by atoms with Crippen molar-refractivity contribution in [2.75, 3.05) is 5.32 Å². The van der Waals surface area contributed by atoms with E-state index in [0.717, 1.165) is 6.20 Å². The van der Waals surface area contributed by atoms with Crippen molar-refractivity contribution in [2.45, 2.75) is 0 Å². The predicted octanol–water partition coefficient (Wildman–Crippen LogP) is 3.27. The standard InChI is InChI=1S/C18H8BrN3O3/c19-12-5-13(23)14-15(16(12)22-8-9(6-20)7-21)18(25)11-4-2-1-3-10(11)17(14)24/h1-5,8,22-23H. The number of benzene rings is 2. The molecule has 2 N–H and O–H groups in total. The number of anilines is 1. The third-order valence-corrected chi connectivity index (χ3v) is 4.36. The average Bonchev–Trinajstić information content (AvgIpc) is 2.61. The number of rotatable bonds is 2. The summed E-state index contributed by atoms with van der Waals surface area (Å²) in [7, 11) is 0. The van der Waals surface area contributed by atoms with E-state index >= 15 is 0 Å². The van der Waals surface area contributed by atoms with Crippen LogP contribution >= 0.6 is 15.9 Å². The van der Waals surface area contributed by atoms with E-state index in [2.05, 4.69) is 21.2 Å². The highest BCUT2D eigenvalue weighted by Gasteiger charge is 2.34. The summed E-state index contributed by atoms with van der Waals surface area (Å²) >= 11 is 3.23. The highest BCUT2D eigenvalue weighted by atomic mass is 79.9. The largest absolute Gasteiger partial charge is 0.507 e. The van der Waals surface area contributed by atoms with Crippen molar-refractivity contribution in [3.05, 3.63) is 68.8 Å². The highest BCUT2D eigenvalue weighted by molar-refractivity contribution is 9.10. The number of nitrogens with zero attached hydrogens (tertiary/aromatic N) is 2. The Morgan fingerprint density at radius 3 is 2.20 bits per heavy atom. The molecule has 120 valence electrons. The van der Waals surface area contributed by atoms with Gasteiger partial charge in [0.15, 0.2) is 11.6 Å². The minimum absolute atomic E-state index is 0.0120. The number of phenolic OH excluding ortho intramolecular Hbond substituents is 1. The minimum Gasteiger partial charge on any atom is -0.507 e. The van der Waals surface area contributed by atoms with Gasteiger partial charge in [0.05, 0.1) is 16.8 Å². The fourth-order valence-corrected chi connectivity index (χ4v) is 3.15. The first-order chi connectivity index (χ1) is 12.0. The lowest BCUT2D eigenvalue weighted by atomic mass is 9.82. The fraction of sp³-hybridized carbons (Fsp3) is 0. The second kappa shape index (κ2) is 6.23. The Morgan fingerprint density at radius 1 is 1.08 bits per heavy atom. The number of carbonyl (C=O) groups is 2. The van der Waals surface area contributed by atoms with Crippen LogP contribution in [-0.4, -0.2) is 16.7 Å². The molecule has 0 aliphatic heterocycles. The van der Waals surface area contributed by atoms with Gasteiger partial charge in [-0.1, -0.05) is 24.3 Å². The van der Waals surface area contributed by atoms with Crippen molar-refractivity contribution in [2.24, 2.45) is 0 Å². The van der Waals surface area contributed by atoms with Gasteiger partial charge in [-0.05, 0) is 22.0 Å².